The summed E-state index contributed by atoms with van der Waals surface area (Å²) in [6.45, 7) is 3.39. The maximum Gasteiger partial charge on any atom is 0.325 e. The highest BCUT2D eigenvalue weighted by atomic mass is 35.5. The quantitative estimate of drug-likeness (QED) is 0.546. The minimum absolute atomic E-state index is 0.205. The first kappa shape index (κ1) is 18.9. The first-order valence-electron chi connectivity index (χ1n) is 8.41. The Morgan fingerprint density at radius 1 is 1.38 bits per heavy atom. The molecule has 0 spiro atoms. The van der Waals surface area contributed by atoms with Crippen LogP contribution in [0.1, 0.15) is 31.2 Å². The van der Waals surface area contributed by atoms with Crippen LogP contribution in [0.3, 0.4) is 0 Å². The lowest BCUT2D eigenvalue weighted by molar-refractivity contribution is -0.152. The maximum absolute atomic E-state index is 12.4. The Labute approximate surface area is 148 Å². The van der Waals surface area contributed by atoms with E-state index in [2.05, 4.69) is 10.2 Å². The third-order valence-corrected chi connectivity index (χ3v) is 4.36. The van der Waals surface area contributed by atoms with Crippen LogP contribution in [-0.4, -0.2) is 49.4 Å². The Morgan fingerprint density at radius 3 is 3.04 bits per heavy atom. The van der Waals surface area contributed by atoms with E-state index in [-0.39, 0.29) is 18.6 Å². The third-order valence-electron chi connectivity index (χ3n) is 4.12. The number of carbonyl (C=O) groups is 1. The summed E-state index contributed by atoms with van der Waals surface area (Å²) >= 11 is 5.94. The highest BCUT2D eigenvalue weighted by molar-refractivity contribution is 6.30. The van der Waals surface area contributed by atoms with Crippen molar-refractivity contribution in [3.8, 4) is 0 Å². The lowest BCUT2D eigenvalue weighted by Crippen LogP contribution is -2.55. The van der Waals surface area contributed by atoms with Gasteiger partial charge in [0.1, 0.15) is 12.6 Å². The number of benzene rings is 1. The summed E-state index contributed by atoms with van der Waals surface area (Å²) in [7, 11) is 0. The van der Waals surface area contributed by atoms with Gasteiger partial charge >= 0.3 is 5.97 Å². The molecule has 1 aromatic carbocycles. The summed E-state index contributed by atoms with van der Waals surface area (Å²) < 4.78 is 5.47. The number of carbonyl (C=O) groups excluding carboxylic acids is 2. The van der Waals surface area contributed by atoms with Gasteiger partial charge in [0.25, 0.3) is 0 Å². The van der Waals surface area contributed by atoms with Crippen molar-refractivity contribution in [2.75, 3.05) is 26.2 Å². The van der Waals surface area contributed by atoms with Crippen LogP contribution in [0.15, 0.2) is 24.3 Å². The smallest absolute Gasteiger partial charge is 0.325 e. The molecule has 1 unspecified atom stereocenters. The molecule has 5 nitrogen and oxygen atoms in total. The van der Waals surface area contributed by atoms with Crippen LogP contribution in [0.25, 0.3) is 0 Å². The van der Waals surface area contributed by atoms with Crippen LogP contribution in [0, 0.1) is 0 Å². The monoisotopic (exact) mass is 351 g/mol. The number of hydrogen-bond acceptors (Lipinski definition) is 5. The predicted octanol–water partition coefficient (Wildman–Crippen LogP) is 2.33. The lowest BCUT2D eigenvalue weighted by atomic mass is 10.1. The van der Waals surface area contributed by atoms with Gasteiger partial charge in [-0.3, -0.25) is 14.5 Å². The first-order valence-corrected chi connectivity index (χ1v) is 8.79. The van der Waals surface area contributed by atoms with Crippen LogP contribution in [0.4, 0.5) is 0 Å². The molecule has 1 fully saturated rings. The topological polar surface area (TPSA) is 58.6 Å². The average molecular weight is 352 g/mol. The van der Waals surface area contributed by atoms with E-state index in [4.69, 9.17) is 16.3 Å². The molecule has 1 N–H and O–H groups in total. The van der Waals surface area contributed by atoms with Gasteiger partial charge in [-0.05, 0) is 37.1 Å². The molecule has 1 aromatic rings. The van der Waals surface area contributed by atoms with E-state index in [1.807, 2.05) is 18.4 Å². The molecule has 0 amide bonds. The molecular formula is C18H24ClN2O3. The normalized spacial score (nSPS) is 18.3. The Kier molecular flexibility index (Phi) is 8.22. The maximum atomic E-state index is 12.4. The minimum atomic E-state index is -0.254. The first-order chi connectivity index (χ1) is 11.7. The van der Waals surface area contributed by atoms with E-state index in [1.165, 1.54) is 0 Å². The predicted molar refractivity (Wildman–Crippen MR) is 93.6 cm³/mol. The highest BCUT2D eigenvalue weighted by Gasteiger charge is 2.29. The van der Waals surface area contributed by atoms with E-state index >= 15 is 0 Å². The minimum Gasteiger partial charge on any atom is -0.460 e. The number of halogens is 1. The zero-order chi connectivity index (χ0) is 17.2. The van der Waals surface area contributed by atoms with E-state index in [0.29, 0.717) is 18.0 Å². The van der Waals surface area contributed by atoms with Gasteiger partial charge in [-0.15, -0.1) is 0 Å². The van der Waals surface area contributed by atoms with E-state index in [0.717, 1.165) is 44.5 Å². The van der Waals surface area contributed by atoms with Gasteiger partial charge in [0.2, 0.25) is 0 Å². The number of unbranched alkanes of at least 4 members (excludes halogenated alkanes) is 3. The summed E-state index contributed by atoms with van der Waals surface area (Å²) in [5, 5.41) is 3.88. The van der Waals surface area contributed by atoms with Crippen LogP contribution in [0.5, 0.6) is 0 Å². The van der Waals surface area contributed by atoms with E-state index in [9.17, 15) is 9.59 Å². The molecule has 1 heterocycles. The number of piperazine rings is 1. The van der Waals surface area contributed by atoms with Crippen molar-refractivity contribution >= 4 is 23.9 Å². The van der Waals surface area contributed by atoms with Crippen LogP contribution in [-0.2, 0) is 20.9 Å². The lowest BCUT2D eigenvalue weighted by Gasteiger charge is -2.34. The van der Waals surface area contributed by atoms with Crippen molar-refractivity contribution in [1.82, 2.24) is 10.2 Å². The Morgan fingerprint density at radius 2 is 2.25 bits per heavy atom. The van der Waals surface area contributed by atoms with Crippen LogP contribution < -0.4 is 5.32 Å². The number of rotatable bonds is 9. The molecule has 0 aromatic heterocycles. The van der Waals surface area contributed by atoms with E-state index in [1.54, 1.807) is 12.1 Å². The zero-order valence-electron chi connectivity index (χ0n) is 13.8. The summed E-state index contributed by atoms with van der Waals surface area (Å²) in [4.78, 5) is 24.8. The van der Waals surface area contributed by atoms with Gasteiger partial charge in [-0.2, -0.15) is 0 Å². The summed E-state index contributed by atoms with van der Waals surface area (Å²) in [5.74, 6) is -0.205. The fraction of sp³-hybridized carbons (Fsp3) is 0.556. The largest absolute Gasteiger partial charge is 0.460 e. The summed E-state index contributed by atoms with van der Waals surface area (Å²) in [5.41, 5.74) is 0.885. The fourth-order valence-corrected chi connectivity index (χ4v) is 3.03. The second-order valence-corrected chi connectivity index (χ2v) is 6.38. The fourth-order valence-electron chi connectivity index (χ4n) is 2.81. The Balaban J connectivity index is 1.80. The van der Waals surface area contributed by atoms with Gasteiger partial charge in [0.15, 0.2) is 6.29 Å². The molecule has 1 saturated heterocycles. The van der Waals surface area contributed by atoms with Gasteiger partial charge in [0, 0.05) is 31.1 Å². The molecule has 2 rings (SSSR count). The number of esters is 1. The molecule has 24 heavy (non-hydrogen) atoms. The highest BCUT2D eigenvalue weighted by Crippen LogP contribution is 2.13. The molecule has 0 aliphatic carbocycles. The number of ether oxygens (including phenoxy) is 1. The standard InChI is InChI=1S/C18H24ClN2O3/c19-16-7-5-6-15(12-16)14-24-18(23)17-13-20-8-10-21(17)9-3-1-2-4-11-22/h5-7,12,17,20H,1-4,8-10,13-14H2. The van der Waals surface area contributed by atoms with Gasteiger partial charge in [-0.25, -0.2) is 0 Å². The molecule has 1 atom stereocenters. The van der Waals surface area contributed by atoms with Crippen molar-refractivity contribution < 1.29 is 14.3 Å². The van der Waals surface area contributed by atoms with Crippen LogP contribution in [0.2, 0.25) is 5.02 Å². The molecular weight excluding hydrogens is 328 g/mol. The molecule has 6 heteroatoms. The molecule has 1 radical (unpaired) electrons. The summed E-state index contributed by atoms with van der Waals surface area (Å²) in [6.07, 6.45) is 5.21. The Hall–Kier alpha value is -1.43. The van der Waals surface area contributed by atoms with Crippen molar-refractivity contribution in [1.29, 1.82) is 0 Å². The molecule has 1 aliphatic rings. The van der Waals surface area contributed by atoms with Crippen molar-refractivity contribution in [3.63, 3.8) is 0 Å². The third kappa shape index (κ3) is 6.23. The summed E-state index contributed by atoms with van der Waals surface area (Å²) in [6, 6.07) is 7.07. The van der Waals surface area contributed by atoms with Gasteiger partial charge in [-0.1, -0.05) is 30.2 Å². The zero-order valence-corrected chi connectivity index (χ0v) is 14.6. The van der Waals surface area contributed by atoms with Gasteiger partial charge < -0.3 is 10.1 Å². The second kappa shape index (κ2) is 10.4. The number of nitrogens with one attached hydrogen (secondary N) is 1. The van der Waals surface area contributed by atoms with E-state index < -0.39 is 0 Å². The van der Waals surface area contributed by atoms with Crippen molar-refractivity contribution in [3.05, 3.63) is 34.9 Å². The number of nitrogens with zero attached hydrogens (tertiary/aromatic N) is 1. The molecule has 0 saturated carbocycles. The molecule has 1 aliphatic heterocycles. The van der Waals surface area contributed by atoms with Crippen molar-refractivity contribution in [2.45, 2.75) is 38.3 Å². The second-order valence-electron chi connectivity index (χ2n) is 5.95. The average Bonchev–Trinajstić information content (AvgIpc) is 2.60. The Bertz CT molecular complexity index is 539. The SMILES string of the molecule is O=[C]CCCCCN1CCNCC1C(=O)OCc1cccc(Cl)c1. The molecule has 131 valence electrons. The van der Waals surface area contributed by atoms with Crippen LogP contribution >= 0.6 is 11.6 Å². The van der Waals surface area contributed by atoms with Crippen molar-refractivity contribution in [2.24, 2.45) is 0 Å². The van der Waals surface area contributed by atoms with Gasteiger partial charge in [0.05, 0.1) is 0 Å². The number of hydrogen-bond donors (Lipinski definition) is 1. The molecule has 0 bridgehead atoms.